The minimum Gasteiger partial charge on any atom is -0.508 e. The standard InChI is InChI=1S/C12H16FNO/c13-12-8-11(15)2-1-10(12)7-9-3-5-14-6-4-9/h1-2,8-9,14-15H,3-7H2. The molecule has 0 unspecified atom stereocenters. The molecule has 3 heteroatoms. The van der Waals surface area contributed by atoms with Gasteiger partial charge in [0.15, 0.2) is 0 Å². The summed E-state index contributed by atoms with van der Waals surface area (Å²) in [7, 11) is 0. The third-order valence-electron chi connectivity index (χ3n) is 3.00. The first-order valence-corrected chi connectivity index (χ1v) is 5.44. The first kappa shape index (κ1) is 10.4. The van der Waals surface area contributed by atoms with Crippen LogP contribution < -0.4 is 5.32 Å². The topological polar surface area (TPSA) is 32.3 Å². The fraction of sp³-hybridized carbons (Fsp3) is 0.500. The number of benzene rings is 1. The number of phenols is 1. The van der Waals surface area contributed by atoms with Gasteiger partial charge in [0.2, 0.25) is 0 Å². The second-order valence-electron chi connectivity index (χ2n) is 4.17. The molecule has 0 atom stereocenters. The van der Waals surface area contributed by atoms with Crippen molar-refractivity contribution in [1.82, 2.24) is 5.32 Å². The van der Waals surface area contributed by atoms with E-state index in [1.165, 1.54) is 6.07 Å². The van der Waals surface area contributed by atoms with E-state index in [4.69, 9.17) is 5.11 Å². The van der Waals surface area contributed by atoms with E-state index in [1.54, 1.807) is 12.1 Å². The first-order chi connectivity index (χ1) is 7.25. The van der Waals surface area contributed by atoms with Crippen molar-refractivity contribution in [1.29, 1.82) is 0 Å². The van der Waals surface area contributed by atoms with Gasteiger partial charge < -0.3 is 10.4 Å². The Morgan fingerprint density at radius 1 is 1.33 bits per heavy atom. The van der Waals surface area contributed by atoms with E-state index in [2.05, 4.69) is 5.32 Å². The van der Waals surface area contributed by atoms with E-state index in [0.29, 0.717) is 5.92 Å². The Bertz CT molecular complexity index is 334. The van der Waals surface area contributed by atoms with Crippen LogP contribution in [0.3, 0.4) is 0 Å². The van der Waals surface area contributed by atoms with Crippen molar-refractivity contribution in [2.45, 2.75) is 19.3 Å². The summed E-state index contributed by atoms with van der Waals surface area (Å²) in [6, 6.07) is 4.43. The average molecular weight is 209 g/mol. The zero-order valence-corrected chi connectivity index (χ0v) is 8.67. The number of piperidine rings is 1. The van der Waals surface area contributed by atoms with Crippen LogP contribution in [0.25, 0.3) is 0 Å². The molecule has 1 aromatic carbocycles. The minimum absolute atomic E-state index is 0.00145. The van der Waals surface area contributed by atoms with Gasteiger partial charge >= 0.3 is 0 Å². The highest BCUT2D eigenvalue weighted by atomic mass is 19.1. The van der Waals surface area contributed by atoms with Crippen LogP contribution in [0.4, 0.5) is 4.39 Å². The molecule has 0 amide bonds. The molecule has 1 aromatic rings. The van der Waals surface area contributed by atoms with Crippen LogP contribution in [0.15, 0.2) is 18.2 Å². The highest BCUT2D eigenvalue weighted by Crippen LogP contribution is 2.22. The van der Waals surface area contributed by atoms with E-state index >= 15 is 0 Å². The largest absolute Gasteiger partial charge is 0.508 e. The maximum atomic E-state index is 13.4. The van der Waals surface area contributed by atoms with Gasteiger partial charge in [0, 0.05) is 6.07 Å². The molecule has 1 saturated heterocycles. The first-order valence-electron chi connectivity index (χ1n) is 5.44. The van der Waals surface area contributed by atoms with Gasteiger partial charge in [0.05, 0.1) is 0 Å². The molecule has 15 heavy (non-hydrogen) atoms. The van der Waals surface area contributed by atoms with Gasteiger partial charge in [0.1, 0.15) is 11.6 Å². The number of phenolic OH excluding ortho intramolecular Hbond substituents is 1. The monoisotopic (exact) mass is 209 g/mol. The molecule has 0 saturated carbocycles. The molecule has 1 aliphatic heterocycles. The van der Waals surface area contributed by atoms with E-state index in [1.807, 2.05) is 0 Å². The molecule has 1 heterocycles. The highest BCUT2D eigenvalue weighted by molar-refractivity contribution is 5.28. The van der Waals surface area contributed by atoms with E-state index in [0.717, 1.165) is 37.9 Å². The van der Waals surface area contributed by atoms with Crippen LogP contribution in [-0.4, -0.2) is 18.2 Å². The Morgan fingerprint density at radius 3 is 2.73 bits per heavy atom. The molecular weight excluding hydrogens is 193 g/mol. The quantitative estimate of drug-likeness (QED) is 0.781. The number of hydrogen-bond donors (Lipinski definition) is 2. The Kier molecular flexibility index (Phi) is 3.21. The van der Waals surface area contributed by atoms with Crippen molar-refractivity contribution in [2.75, 3.05) is 13.1 Å². The van der Waals surface area contributed by atoms with Crippen molar-refractivity contribution >= 4 is 0 Å². The van der Waals surface area contributed by atoms with Crippen LogP contribution in [0, 0.1) is 11.7 Å². The molecule has 82 valence electrons. The number of nitrogens with one attached hydrogen (secondary N) is 1. The molecule has 0 radical (unpaired) electrons. The van der Waals surface area contributed by atoms with Gasteiger partial charge in [-0.15, -0.1) is 0 Å². The van der Waals surface area contributed by atoms with Gasteiger partial charge in [-0.3, -0.25) is 0 Å². The Labute approximate surface area is 89.1 Å². The summed E-state index contributed by atoms with van der Waals surface area (Å²) >= 11 is 0. The number of halogens is 1. The molecule has 2 N–H and O–H groups in total. The maximum Gasteiger partial charge on any atom is 0.130 e. The number of rotatable bonds is 2. The molecule has 0 aromatic heterocycles. The second kappa shape index (κ2) is 4.62. The van der Waals surface area contributed by atoms with Gasteiger partial charge in [0.25, 0.3) is 0 Å². The predicted octanol–water partition coefficient (Wildman–Crippen LogP) is 2.07. The summed E-state index contributed by atoms with van der Waals surface area (Å²) in [5.74, 6) is 0.292. The number of aromatic hydroxyl groups is 1. The van der Waals surface area contributed by atoms with E-state index in [-0.39, 0.29) is 11.6 Å². The zero-order chi connectivity index (χ0) is 10.7. The Morgan fingerprint density at radius 2 is 2.07 bits per heavy atom. The highest BCUT2D eigenvalue weighted by Gasteiger charge is 2.15. The van der Waals surface area contributed by atoms with Crippen molar-refractivity contribution < 1.29 is 9.50 Å². The minimum atomic E-state index is -0.284. The third-order valence-corrected chi connectivity index (χ3v) is 3.00. The average Bonchev–Trinajstić information content (AvgIpc) is 2.24. The van der Waals surface area contributed by atoms with Crippen molar-refractivity contribution in [3.8, 4) is 5.75 Å². The summed E-state index contributed by atoms with van der Waals surface area (Å²) in [6.07, 6.45) is 3.01. The van der Waals surface area contributed by atoms with Crippen molar-refractivity contribution in [3.05, 3.63) is 29.6 Å². The lowest BCUT2D eigenvalue weighted by molar-refractivity contribution is 0.368. The predicted molar refractivity (Wildman–Crippen MR) is 57.4 cm³/mol. The summed E-state index contributed by atoms with van der Waals surface area (Å²) < 4.78 is 13.4. The molecule has 2 nitrogen and oxygen atoms in total. The van der Waals surface area contributed by atoms with Crippen LogP contribution in [0.5, 0.6) is 5.75 Å². The fourth-order valence-corrected chi connectivity index (χ4v) is 2.10. The SMILES string of the molecule is Oc1ccc(CC2CCNCC2)c(F)c1. The van der Waals surface area contributed by atoms with Gasteiger partial charge in [-0.1, -0.05) is 6.07 Å². The molecule has 2 rings (SSSR count). The molecule has 1 fully saturated rings. The molecule has 0 aliphatic carbocycles. The summed E-state index contributed by atoms with van der Waals surface area (Å²) in [5.41, 5.74) is 0.722. The normalized spacial score (nSPS) is 17.9. The van der Waals surface area contributed by atoms with Gasteiger partial charge in [-0.25, -0.2) is 4.39 Å². The van der Waals surface area contributed by atoms with Crippen LogP contribution in [-0.2, 0) is 6.42 Å². The second-order valence-corrected chi connectivity index (χ2v) is 4.17. The van der Waals surface area contributed by atoms with E-state index < -0.39 is 0 Å². The lowest BCUT2D eigenvalue weighted by Crippen LogP contribution is -2.28. The third kappa shape index (κ3) is 2.69. The molecular formula is C12H16FNO. The molecule has 0 bridgehead atoms. The summed E-state index contributed by atoms with van der Waals surface area (Å²) in [5, 5.41) is 12.4. The fourth-order valence-electron chi connectivity index (χ4n) is 2.10. The molecule has 1 aliphatic rings. The Balaban J connectivity index is 2.03. The van der Waals surface area contributed by atoms with Gasteiger partial charge in [-0.2, -0.15) is 0 Å². The van der Waals surface area contributed by atoms with Crippen LogP contribution in [0.2, 0.25) is 0 Å². The lowest BCUT2D eigenvalue weighted by atomic mass is 9.91. The van der Waals surface area contributed by atoms with Crippen molar-refractivity contribution in [3.63, 3.8) is 0 Å². The number of hydrogen-bond acceptors (Lipinski definition) is 2. The smallest absolute Gasteiger partial charge is 0.130 e. The van der Waals surface area contributed by atoms with Crippen LogP contribution in [0.1, 0.15) is 18.4 Å². The van der Waals surface area contributed by atoms with Crippen molar-refractivity contribution in [2.24, 2.45) is 5.92 Å². The molecule has 0 spiro atoms. The summed E-state index contributed by atoms with van der Waals surface area (Å²) in [4.78, 5) is 0. The van der Waals surface area contributed by atoms with E-state index in [9.17, 15) is 4.39 Å². The maximum absolute atomic E-state index is 13.4. The lowest BCUT2D eigenvalue weighted by Gasteiger charge is -2.22. The Hall–Kier alpha value is -1.09. The van der Waals surface area contributed by atoms with Crippen LogP contribution >= 0.6 is 0 Å². The summed E-state index contributed by atoms with van der Waals surface area (Å²) in [6.45, 7) is 2.06. The van der Waals surface area contributed by atoms with Gasteiger partial charge in [-0.05, 0) is 49.9 Å². The zero-order valence-electron chi connectivity index (χ0n) is 8.67.